The van der Waals surface area contributed by atoms with Crippen molar-refractivity contribution in [1.82, 2.24) is 4.98 Å². The van der Waals surface area contributed by atoms with Crippen LogP contribution in [0.2, 0.25) is 0 Å². The predicted molar refractivity (Wildman–Crippen MR) is 64.1 cm³/mol. The average Bonchev–Trinajstić information content (AvgIpc) is 2.28. The molecule has 4 heteroatoms. The lowest BCUT2D eigenvalue weighted by Crippen LogP contribution is -2.01. The van der Waals surface area contributed by atoms with Gasteiger partial charge < -0.3 is 10.5 Å². The second-order valence-corrected chi connectivity index (χ2v) is 3.75. The summed E-state index contributed by atoms with van der Waals surface area (Å²) in [6, 6.07) is 9.77. The van der Waals surface area contributed by atoms with Crippen molar-refractivity contribution >= 4 is 5.82 Å². The van der Waals surface area contributed by atoms with Crippen LogP contribution < -0.4 is 10.5 Å². The number of rotatable bonds is 3. The van der Waals surface area contributed by atoms with E-state index < -0.39 is 0 Å². The van der Waals surface area contributed by atoms with Crippen LogP contribution in [0, 0.1) is 12.7 Å². The monoisotopic (exact) mass is 232 g/mol. The highest BCUT2D eigenvalue weighted by Crippen LogP contribution is 2.19. The number of nitrogens with two attached hydrogens (primary N) is 1. The molecule has 0 saturated carbocycles. The van der Waals surface area contributed by atoms with E-state index in [1.54, 1.807) is 19.1 Å². The van der Waals surface area contributed by atoms with E-state index >= 15 is 0 Å². The summed E-state index contributed by atoms with van der Waals surface area (Å²) in [5.41, 5.74) is 7.06. The minimum absolute atomic E-state index is 0.267. The van der Waals surface area contributed by atoms with Crippen molar-refractivity contribution in [2.45, 2.75) is 13.5 Å². The van der Waals surface area contributed by atoms with Crippen LogP contribution in [0.25, 0.3) is 0 Å². The van der Waals surface area contributed by atoms with Crippen LogP contribution in [0.3, 0.4) is 0 Å². The van der Waals surface area contributed by atoms with Crippen molar-refractivity contribution in [3.05, 3.63) is 53.5 Å². The highest BCUT2D eigenvalue weighted by molar-refractivity contribution is 5.33. The molecule has 1 aromatic carbocycles. The van der Waals surface area contributed by atoms with Crippen LogP contribution in [0.4, 0.5) is 10.2 Å². The van der Waals surface area contributed by atoms with Gasteiger partial charge in [-0.25, -0.2) is 9.37 Å². The van der Waals surface area contributed by atoms with E-state index in [4.69, 9.17) is 10.5 Å². The highest BCUT2D eigenvalue weighted by atomic mass is 19.1. The Morgan fingerprint density at radius 3 is 2.82 bits per heavy atom. The lowest BCUT2D eigenvalue weighted by Gasteiger charge is -2.08. The van der Waals surface area contributed by atoms with Gasteiger partial charge in [-0.05, 0) is 42.8 Å². The Morgan fingerprint density at radius 1 is 1.29 bits per heavy atom. The number of aryl methyl sites for hydroxylation is 1. The van der Waals surface area contributed by atoms with Crippen molar-refractivity contribution in [1.29, 1.82) is 0 Å². The molecule has 0 amide bonds. The molecule has 2 rings (SSSR count). The van der Waals surface area contributed by atoms with Gasteiger partial charge in [0.15, 0.2) is 0 Å². The predicted octanol–water partition coefficient (Wildman–Crippen LogP) is 2.69. The Labute approximate surface area is 99.1 Å². The molecule has 1 heterocycles. The van der Waals surface area contributed by atoms with Gasteiger partial charge in [0.05, 0.1) is 5.69 Å². The van der Waals surface area contributed by atoms with Crippen LogP contribution in [0.5, 0.6) is 5.75 Å². The fourth-order valence-corrected chi connectivity index (χ4v) is 1.50. The quantitative estimate of drug-likeness (QED) is 0.885. The Morgan fingerprint density at radius 2 is 2.12 bits per heavy atom. The van der Waals surface area contributed by atoms with E-state index in [9.17, 15) is 4.39 Å². The van der Waals surface area contributed by atoms with E-state index in [2.05, 4.69) is 4.98 Å². The summed E-state index contributed by atoms with van der Waals surface area (Å²) in [6.07, 6.45) is 0. The maximum atomic E-state index is 12.9. The fourth-order valence-electron chi connectivity index (χ4n) is 1.50. The molecule has 0 fully saturated rings. The second kappa shape index (κ2) is 4.82. The summed E-state index contributed by atoms with van der Waals surface area (Å²) >= 11 is 0. The molecule has 0 saturated heterocycles. The molecular weight excluding hydrogens is 219 g/mol. The zero-order valence-electron chi connectivity index (χ0n) is 9.48. The first-order valence-corrected chi connectivity index (χ1v) is 5.25. The van der Waals surface area contributed by atoms with Gasteiger partial charge >= 0.3 is 0 Å². The summed E-state index contributed by atoms with van der Waals surface area (Å²) in [4.78, 5) is 4.11. The number of nitrogens with zero attached hydrogens (tertiary/aromatic N) is 1. The lowest BCUT2D eigenvalue weighted by atomic mass is 10.2. The van der Waals surface area contributed by atoms with Gasteiger partial charge in [0.25, 0.3) is 0 Å². The first-order valence-electron chi connectivity index (χ1n) is 5.25. The van der Waals surface area contributed by atoms with Crippen molar-refractivity contribution in [2.75, 3.05) is 5.73 Å². The maximum Gasteiger partial charge on any atom is 0.130 e. The number of benzene rings is 1. The van der Waals surface area contributed by atoms with Crippen molar-refractivity contribution in [2.24, 2.45) is 0 Å². The van der Waals surface area contributed by atoms with E-state index in [0.29, 0.717) is 18.2 Å². The lowest BCUT2D eigenvalue weighted by molar-refractivity contribution is 0.299. The first kappa shape index (κ1) is 11.4. The number of aromatic nitrogens is 1. The zero-order chi connectivity index (χ0) is 12.3. The van der Waals surface area contributed by atoms with Gasteiger partial charge in [0.1, 0.15) is 24.0 Å². The number of hydrogen-bond acceptors (Lipinski definition) is 3. The molecule has 3 nitrogen and oxygen atoms in total. The van der Waals surface area contributed by atoms with Crippen molar-refractivity contribution < 1.29 is 9.13 Å². The van der Waals surface area contributed by atoms with Crippen LogP contribution in [-0.4, -0.2) is 4.98 Å². The number of halogens is 1. The number of ether oxygens (including phenoxy) is 1. The molecule has 0 radical (unpaired) electrons. The van der Waals surface area contributed by atoms with Crippen LogP contribution >= 0.6 is 0 Å². The molecule has 88 valence electrons. The third kappa shape index (κ3) is 2.93. The summed E-state index contributed by atoms with van der Waals surface area (Å²) < 4.78 is 18.4. The largest absolute Gasteiger partial charge is 0.487 e. The van der Waals surface area contributed by atoms with Gasteiger partial charge in [-0.15, -0.1) is 0 Å². The molecule has 0 spiro atoms. The SMILES string of the molecule is Cc1cc(F)ccc1OCc1cccc(N)n1. The number of pyridine rings is 1. The molecular formula is C13H13FN2O. The molecule has 2 N–H and O–H groups in total. The van der Waals surface area contributed by atoms with E-state index in [0.717, 1.165) is 11.3 Å². The van der Waals surface area contributed by atoms with Gasteiger partial charge in [0, 0.05) is 0 Å². The molecule has 0 aliphatic rings. The highest BCUT2D eigenvalue weighted by Gasteiger charge is 2.02. The average molecular weight is 232 g/mol. The summed E-state index contributed by atoms with van der Waals surface area (Å²) in [7, 11) is 0. The molecule has 0 aliphatic carbocycles. The molecule has 0 atom stereocenters. The zero-order valence-corrected chi connectivity index (χ0v) is 9.48. The van der Waals surface area contributed by atoms with E-state index in [-0.39, 0.29) is 5.82 Å². The Hall–Kier alpha value is -2.10. The summed E-state index contributed by atoms with van der Waals surface area (Å²) in [6.45, 7) is 2.11. The third-order valence-electron chi connectivity index (χ3n) is 2.34. The topological polar surface area (TPSA) is 48.1 Å². The number of hydrogen-bond donors (Lipinski definition) is 1. The molecule has 17 heavy (non-hydrogen) atoms. The molecule has 2 aromatic rings. The molecule has 0 unspecified atom stereocenters. The van der Waals surface area contributed by atoms with E-state index in [1.165, 1.54) is 12.1 Å². The van der Waals surface area contributed by atoms with Crippen molar-refractivity contribution in [3.8, 4) is 5.75 Å². The van der Waals surface area contributed by atoms with Crippen LogP contribution in [-0.2, 0) is 6.61 Å². The minimum atomic E-state index is -0.267. The third-order valence-corrected chi connectivity index (χ3v) is 2.34. The Kier molecular flexibility index (Phi) is 3.23. The minimum Gasteiger partial charge on any atom is -0.487 e. The smallest absolute Gasteiger partial charge is 0.130 e. The van der Waals surface area contributed by atoms with Crippen LogP contribution in [0.1, 0.15) is 11.3 Å². The van der Waals surface area contributed by atoms with Crippen LogP contribution in [0.15, 0.2) is 36.4 Å². The molecule has 0 aliphatic heterocycles. The summed E-state index contributed by atoms with van der Waals surface area (Å²) in [5, 5.41) is 0. The Bertz CT molecular complexity index is 529. The van der Waals surface area contributed by atoms with Gasteiger partial charge in [-0.1, -0.05) is 6.07 Å². The molecule has 0 bridgehead atoms. The van der Waals surface area contributed by atoms with Gasteiger partial charge in [-0.2, -0.15) is 0 Å². The second-order valence-electron chi connectivity index (χ2n) is 3.75. The molecule has 1 aromatic heterocycles. The van der Waals surface area contributed by atoms with Crippen molar-refractivity contribution in [3.63, 3.8) is 0 Å². The normalized spacial score (nSPS) is 10.2. The fraction of sp³-hybridized carbons (Fsp3) is 0.154. The maximum absolute atomic E-state index is 12.9. The van der Waals surface area contributed by atoms with E-state index in [1.807, 2.05) is 12.1 Å². The van der Waals surface area contributed by atoms with Gasteiger partial charge in [0.2, 0.25) is 0 Å². The standard InChI is InChI=1S/C13H13FN2O/c1-9-7-10(14)5-6-12(9)17-8-11-3-2-4-13(15)16-11/h2-7H,8H2,1H3,(H2,15,16). The summed E-state index contributed by atoms with van der Waals surface area (Å²) in [5.74, 6) is 0.842. The van der Waals surface area contributed by atoms with Gasteiger partial charge in [-0.3, -0.25) is 0 Å². The number of nitrogen functional groups attached to an aromatic ring is 1. The Balaban J connectivity index is 2.07. The first-order chi connectivity index (χ1) is 8.15. The number of anilines is 1.